The van der Waals surface area contributed by atoms with Crippen molar-refractivity contribution in [1.82, 2.24) is 0 Å². The second-order valence-electron chi connectivity index (χ2n) is 4.62. The highest BCUT2D eigenvalue weighted by Gasteiger charge is 2.15. The molecule has 0 unspecified atom stereocenters. The van der Waals surface area contributed by atoms with Gasteiger partial charge in [-0.3, -0.25) is 4.79 Å². The average molecular weight is 267 g/mol. The Bertz CT molecular complexity index is 225. The summed E-state index contributed by atoms with van der Waals surface area (Å²) in [6.45, 7) is 3.93. The summed E-state index contributed by atoms with van der Waals surface area (Å²) in [5.74, 6) is 0.229. The van der Waals surface area contributed by atoms with Crippen molar-refractivity contribution in [1.29, 1.82) is 0 Å². The summed E-state index contributed by atoms with van der Waals surface area (Å²) in [5, 5.41) is 0. The Morgan fingerprint density at radius 1 is 1.28 bits per heavy atom. The molecule has 2 N–H and O–H groups in total. The molecule has 6 heteroatoms. The number of halogens is 2. The number of carbonyl (C=O) groups is 1. The lowest BCUT2D eigenvalue weighted by atomic mass is 9.94. The molecule has 0 saturated carbocycles. The first-order chi connectivity index (χ1) is 8.45. The van der Waals surface area contributed by atoms with Gasteiger partial charge in [-0.1, -0.05) is 13.8 Å². The minimum atomic E-state index is -2.49. The third kappa shape index (κ3) is 10.4. The number of esters is 1. The Morgan fingerprint density at radius 2 is 1.94 bits per heavy atom. The summed E-state index contributed by atoms with van der Waals surface area (Å²) in [7, 11) is 0. The van der Waals surface area contributed by atoms with Gasteiger partial charge in [0.05, 0.1) is 6.61 Å². The van der Waals surface area contributed by atoms with E-state index in [0.29, 0.717) is 12.5 Å². The fourth-order valence-corrected chi connectivity index (χ4v) is 1.61. The summed E-state index contributed by atoms with van der Waals surface area (Å²) in [6, 6.07) is 0. The zero-order valence-electron chi connectivity index (χ0n) is 11.0. The molecule has 1 atom stereocenters. The molecular weight excluding hydrogens is 244 g/mol. The van der Waals surface area contributed by atoms with Gasteiger partial charge in [-0.25, -0.2) is 8.78 Å². The smallest absolute Gasteiger partial charge is 0.306 e. The fraction of sp³-hybridized carbons (Fsp3) is 0.917. The molecule has 0 rings (SSSR count). The van der Waals surface area contributed by atoms with Crippen molar-refractivity contribution >= 4 is 5.97 Å². The van der Waals surface area contributed by atoms with E-state index in [9.17, 15) is 13.6 Å². The van der Waals surface area contributed by atoms with Crippen molar-refractivity contribution in [2.75, 3.05) is 26.4 Å². The number of hydrogen-bond donors (Lipinski definition) is 1. The lowest BCUT2D eigenvalue weighted by Crippen LogP contribution is -2.22. The molecule has 0 aromatic carbocycles. The predicted molar refractivity (Wildman–Crippen MR) is 64.4 cm³/mol. The Balaban J connectivity index is 3.62. The van der Waals surface area contributed by atoms with Gasteiger partial charge in [0, 0.05) is 6.42 Å². The molecule has 0 radical (unpaired) electrons. The predicted octanol–water partition coefficient (Wildman–Crippen LogP) is 1.82. The molecule has 0 heterocycles. The highest BCUT2D eigenvalue weighted by atomic mass is 19.3. The minimum absolute atomic E-state index is 0.00449. The van der Waals surface area contributed by atoms with Gasteiger partial charge < -0.3 is 15.2 Å². The van der Waals surface area contributed by atoms with Gasteiger partial charge in [0.25, 0.3) is 6.43 Å². The number of carbonyl (C=O) groups excluding carboxylic acids is 1. The summed E-state index contributed by atoms with van der Waals surface area (Å²) >= 11 is 0. The number of rotatable bonds is 10. The Morgan fingerprint density at radius 3 is 2.44 bits per heavy atom. The van der Waals surface area contributed by atoms with E-state index in [4.69, 9.17) is 10.5 Å². The van der Waals surface area contributed by atoms with Crippen molar-refractivity contribution in [3.63, 3.8) is 0 Å². The summed E-state index contributed by atoms with van der Waals surface area (Å²) < 4.78 is 32.9. The fourth-order valence-electron chi connectivity index (χ4n) is 1.61. The highest BCUT2D eigenvalue weighted by molar-refractivity contribution is 5.69. The van der Waals surface area contributed by atoms with Gasteiger partial charge in [-0.05, 0) is 24.8 Å². The monoisotopic (exact) mass is 267 g/mol. The molecule has 0 amide bonds. The zero-order valence-corrected chi connectivity index (χ0v) is 11.0. The third-order valence-electron chi connectivity index (χ3n) is 2.33. The number of hydrogen-bond acceptors (Lipinski definition) is 4. The molecule has 0 aliphatic heterocycles. The van der Waals surface area contributed by atoms with Gasteiger partial charge in [0.15, 0.2) is 0 Å². The van der Waals surface area contributed by atoms with E-state index in [1.165, 1.54) is 0 Å². The topological polar surface area (TPSA) is 61.6 Å². The first-order valence-corrected chi connectivity index (χ1v) is 6.17. The maximum Gasteiger partial charge on any atom is 0.306 e. The van der Waals surface area contributed by atoms with Crippen LogP contribution in [0.2, 0.25) is 0 Å². The van der Waals surface area contributed by atoms with Gasteiger partial charge in [0.1, 0.15) is 13.2 Å². The van der Waals surface area contributed by atoms with Crippen molar-refractivity contribution in [3.8, 4) is 0 Å². The zero-order chi connectivity index (χ0) is 14.0. The number of ether oxygens (including phenoxy) is 2. The largest absolute Gasteiger partial charge is 0.463 e. The van der Waals surface area contributed by atoms with E-state index in [-0.39, 0.29) is 31.5 Å². The van der Waals surface area contributed by atoms with E-state index in [2.05, 4.69) is 18.6 Å². The van der Waals surface area contributed by atoms with Gasteiger partial charge in [-0.15, -0.1) is 0 Å². The van der Waals surface area contributed by atoms with E-state index in [1.807, 2.05) is 0 Å². The van der Waals surface area contributed by atoms with Crippen molar-refractivity contribution in [3.05, 3.63) is 0 Å². The molecule has 18 heavy (non-hydrogen) atoms. The molecule has 108 valence electrons. The molecule has 0 fully saturated rings. The first kappa shape index (κ1) is 17.2. The van der Waals surface area contributed by atoms with Crippen LogP contribution in [0, 0.1) is 11.8 Å². The normalized spacial score (nSPS) is 13.1. The maximum absolute atomic E-state index is 11.7. The van der Waals surface area contributed by atoms with Gasteiger partial charge in [0.2, 0.25) is 0 Å². The van der Waals surface area contributed by atoms with Crippen LogP contribution in [0.5, 0.6) is 0 Å². The minimum Gasteiger partial charge on any atom is -0.463 e. The molecule has 0 spiro atoms. The van der Waals surface area contributed by atoms with Crippen LogP contribution in [0.25, 0.3) is 0 Å². The molecule has 0 aromatic heterocycles. The molecule has 0 aliphatic carbocycles. The Kier molecular flexibility index (Phi) is 9.77. The van der Waals surface area contributed by atoms with E-state index in [1.54, 1.807) is 0 Å². The van der Waals surface area contributed by atoms with E-state index < -0.39 is 13.0 Å². The standard InChI is InChI=1S/C12H23F2NO3/c1-9(2)5-10(7-15)6-12(16)18-4-3-17-8-11(13)14/h9-11H,3-8,15H2,1-2H3/t10-/m0/s1. The first-order valence-electron chi connectivity index (χ1n) is 6.17. The molecule has 0 aliphatic rings. The summed E-state index contributed by atoms with van der Waals surface area (Å²) in [6.07, 6.45) is -1.36. The Hall–Kier alpha value is -0.750. The molecular formula is C12H23F2NO3. The second-order valence-corrected chi connectivity index (χ2v) is 4.62. The van der Waals surface area contributed by atoms with E-state index >= 15 is 0 Å². The summed E-state index contributed by atoms with van der Waals surface area (Å²) in [4.78, 5) is 11.4. The molecule has 4 nitrogen and oxygen atoms in total. The lowest BCUT2D eigenvalue weighted by molar-refractivity contribution is -0.146. The highest BCUT2D eigenvalue weighted by Crippen LogP contribution is 2.14. The quantitative estimate of drug-likeness (QED) is 0.484. The van der Waals surface area contributed by atoms with Crippen molar-refractivity contribution < 1.29 is 23.0 Å². The van der Waals surface area contributed by atoms with Crippen LogP contribution in [0.4, 0.5) is 8.78 Å². The third-order valence-corrected chi connectivity index (χ3v) is 2.33. The van der Waals surface area contributed by atoms with Crippen LogP contribution >= 0.6 is 0 Å². The van der Waals surface area contributed by atoms with Crippen LogP contribution < -0.4 is 5.73 Å². The van der Waals surface area contributed by atoms with Crippen LogP contribution in [-0.2, 0) is 14.3 Å². The molecule has 0 saturated heterocycles. The van der Waals surface area contributed by atoms with Gasteiger partial charge >= 0.3 is 5.97 Å². The summed E-state index contributed by atoms with van der Waals surface area (Å²) in [5.41, 5.74) is 5.56. The van der Waals surface area contributed by atoms with E-state index in [0.717, 1.165) is 6.42 Å². The van der Waals surface area contributed by atoms with Crippen LogP contribution in [0.3, 0.4) is 0 Å². The van der Waals surface area contributed by atoms with Crippen molar-refractivity contribution in [2.24, 2.45) is 17.6 Å². The average Bonchev–Trinajstić information content (AvgIpc) is 2.26. The van der Waals surface area contributed by atoms with Crippen molar-refractivity contribution in [2.45, 2.75) is 33.1 Å². The molecule has 0 aromatic rings. The lowest BCUT2D eigenvalue weighted by Gasteiger charge is -2.16. The van der Waals surface area contributed by atoms with Crippen LogP contribution in [0.1, 0.15) is 26.7 Å². The number of alkyl halides is 2. The second kappa shape index (κ2) is 10.2. The van der Waals surface area contributed by atoms with Crippen LogP contribution in [-0.4, -0.2) is 38.8 Å². The number of nitrogens with two attached hydrogens (primary N) is 1. The van der Waals surface area contributed by atoms with Crippen LogP contribution in [0.15, 0.2) is 0 Å². The Labute approximate surface area is 107 Å². The maximum atomic E-state index is 11.7. The molecule has 0 bridgehead atoms. The SMILES string of the molecule is CC(C)C[C@H](CN)CC(=O)OCCOCC(F)F. The van der Waals surface area contributed by atoms with Gasteiger partial charge in [-0.2, -0.15) is 0 Å².